The molecule has 0 aliphatic heterocycles. The molecular formula is C20H19ClFN5O2. The molecule has 1 aromatic carbocycles. The normalized spacial score (nSPS) is 24.5. The zero-order valence-corrected chi connectivity index (χ0v) is 16.5. The first kappa shape index (κ1) is 18.2. The summed E-state index contributed by atoms with van der Waals surface area (Å²) in [6.45, 7) is 1.78. The van der Waals surface area contributed by atoms with Crippen LogP contribution in [0, 0.1) is 12.7 Å². The van der Waals surface area contributed by atoms with Crippen molar-refractivity contribution in [2.75, 3.05) is 11.9 Å². The lowest BCUT2D eigenvalue weighted by molar-refractivity contribution is -0.135. The molecule has 3 saturated carbocycles. The number of rotatable bonds is 6. The summed E-state index contributed by atoms with van der Waals surface area (Å²) in [7, 11) is 0. The second kappa shape index (κ2) is 6.32. The third-order valence-corrected chi connectivity index (χ3v) is 5.90. The third kappa shape index (κ3) is 3.17. The van der Waals surface area contributed by atoms with Crippen LogP contribution in [-0.2, 0) is 4.79 Å². The standard InChI is InChI=1S/C20H19ClFN5O2/c1-12-6-16-18(23-4-5-27(16)26-12)25-20-9-19(10-20,11-20)24-17(28)8-29-13-2-3-14(21)15(22)7-13/h2-7H,8-11H2,1H3,(H,23,25)(H,24,28). The van der Waals surface area contributed by atoms with E-state index in [1.165, 1.54) is 18.2 Å². The number of halogens is 2. The van der Waals surface area contributed by atoms with Crippen molar-refractivity contribution in [3.8, 4) is 5.75 Å². The number of hydrogen-bond donors (Lipinski definition) is 2. The van der Waals surface area contributed by atoms with E-state index in [9.17, 15) is 9.18 Å². The summed E-state index contributed by atoms with van der Waals surface area (Å²) in [6.07, 6.45) is 6.04. The van der Waals surface area contributed by atoms with E-state index >= 15 is 0 Å². The Hall–Kier alpha value is -2.87. The predicted octanol–water partition coefficient (Wildman–Crippen LogP) is 3.11. The average Bonchev–Trinajstić information content (AvgIpc) is 3.01. The Bertz CT molecular complexity index is 1110. The Morgan fingerprint density at radius 3 is 2.86 bits per heavy atom. The minimum absolute atomic E-state index is 0.0183. The van der Waals surface area contributed by atoms with Crippen LogP contribution in [0.4, 0.5) is 10.2 Å². The Morgan fingerprint density at radius 2 is 2.10 bits per heavy atom. The first-order chi connectivity index (χ1) is 13.9. The van der Waals surface area contributed by atoms with E-state index in [4.69, 9.17) is 16.3 Å². The van der Waals surface area contributed by atoms with Crippen molar-refractivity contribution < 1.29 is 13.9 Å². The highest BCUT2D eigenvalue weighted by Crippen LogP contribution is 2.61. The number of aryl methyl sites for hydroxylation is 1. The van der Waals surface area contributed by atoms with E-state index in [2.05, 4.69) is 20.7 Å². The fraction of sp³-hybridized carbons (Fsp3) is 0.350. The molecule has 2 aromatic heterocycles. The van der Waals surface area contributed by atoms with Gasteiger partial charge in [-0.05, 0) is 44.4 Å². The summed E-state index contributed by atoms with van der Waals surface area (Å²) >= 11 is 5.64. The fourth-order valence-electron chi connectivity index (χ4n) is 4.49. The van der Waals surface area contributed by atoms with Gasteiger partial charge in [-0.15, -0.1) is 0 Å². The predicted molar refractivity (Wildman–Crippen MR) is 106 cm³/mol. The summed E-state index contributed by atoms with van der Waals surface area (Å²) in [6, 6.07) is 6.10. The molecule has 3 fully saturated rings. The molecule has 2 heterocycles. The summed E-state index contributed by atoms with van der Waals surface area (Å²) < 4.78 is 20.6. The van der Waals surface area contributed by atoms with Crippen LogP contribution in [0.1, 0.15) is 25.0 Å². The molecule has 6 rings (SSSR count). The Morgan fingerprint density at radius 1 is 1.31 bits per heavy atom. The van der Waals surface area contributed by atoms with Crippen molar-refractivity contribution in [2.24, 2.45) is 0 Å². The van der Waals surface area contributed by atoms with Gasteiger partial charge in [-0.3, -0.25) is 4.79 Å². The zero-order chi connectivity index (χ0) is 20.2. The molecule has 0 spiro atoms. The van der Waals surface area contributed by atoms with Gasteiger partial charge in [0.2, 0.25) is 0 Å². The van der Waals surface area contributed by atoms with Gasteiger partial charge in [0.1, 0.15) is 17.1 Å². The molecule has 3 aromatic rings. The fourth-order valence-corrected chi connectivity index (χ4v) is 4.61. The van der Waals surface area contributed by atoms with E-state index in [-0.39, 0.29) is 34.4 Å². The highest BCUT2D eigenvalue weighted by molar-refractivity contribution is 6.30. The number of fused-ring (bicyclic) bond motifs is 1. The SMILES string of the molecule is Cc1cc2c(NC34CC(NC(=O)COc5ccc(Cl)c(F)c5)(C3)C4)nccn2n1. The van der Waals surface area contributed by atoms with Crippen LogP contribution in [0.5, 0.6) is 5.75 Å². The molecule has 3 aliphatic carbocycles. The molecule has 0 radical (unpaired) electrons. The zero-order valence-electron chi connectivity index (χ0n) is 15.7. The first-order valence-corrected chi connectivity index (χ1v) is 9.71. The number of ether oxygens (including phenoxy) is 1. The molecule has 7 nitrogen and oxygen atoms in total. The molecule has 1 amide bonds. The second-order valence-corrected chi connectivity index (χ2v) is 8.43. The molecule has 0 saturated heterocycles. The van der Waals surface area contributed by atoms with Crippen molar-refractivity contribution in [3.63, 3.8) is 0 Å². The number of hydrogen-bond acceptors (Lipinski definition) is 5. The van der Waals surface area contributed by atoms with Crippen LogP contribution in [0.25, 0.3) is 5.52 Å². The van der Waals surface area contributed by atoms with Gasteiger partial charge in [-0.2, -0.15) is 5.10 Å². The minimum Gasteiger partial charge on any atom is -0.484 e. The van der Waals surface area contributed by atoms with Crippen molar-refractivity contribution in [3.05, 3.63) is 53.2 Å². The molecular weight excluding hydrogens is 397 g/mol. The lowest BCUT2D eigenvalue weighted by atomic mass is 9.44. The summed E-state index contributed by atoms with van der Waals surface area (Å²) in [5, 5.41) is 11.0. The van der Waals surface area contributed by atoms with Gasteiger partial charge < -0.3 is 15.4 Å². The van der Waals surface area contributed by atoms with Crippen LogP contribution in [-0.4, -0.2) is 38.2 Å². The molecule has 29 heavy (non-hydrogen) atoms. The number of carbonyl (C=O) groups is 1. The van der Waals surface area contributed by atoms with Crippen LogP contribution < -0.4 is 15.4 Å². The molecule has 0 atom stereocenters. The first-order valence-electron chi connectivity index (χ1n) is 9.34. The van der Waals surface area contributed by atoms with Crippen LogP contribution >= 0.6 is 11.6 Å². The number of carbonyl (C=O) groups excluding carboxylic acids is 1. The van der Waals surface area contributed by atoms with Crippen LogP contribution in [0.2, 0.25) is 5.02 Å². The quantitative estimate of drug-likeness (QED) is 0.646. The van der Waals surface area contributed by atoms with Gasteiger partial charge in [-0.25, -0.2) is 13.9 Å². The molecule has 0 unspecified atom stereocenters. The largest absolute Gasteiger partial charge is 0.484 e. The number of aromatic nitrogens is 3. The molecule has 2 N–H and O–H groups in total. The summed E-state index contributed by atoms with van der Waals surface area (Å²) in [5.41, 5.74) is 1.64. The Balaban J connectivity index is 1.16. The van der Waals surface area contributed by atoms with E-state index in [1.807, 2.05) is 23.7 Å². The van der Waals surface area contributed by atoms with Crippen LogP contribution in [0.15, 0.2) is 36.7 Å². The van der Waals surface area contributed by atoms with Crippen LogP contribution in [0.3, 0.4) is 0 Å². The molecule has 150 valence electrons. The maximum Gasteiger partial charge on any atom is 0.258 e. The Labute approximate surface area is 171 Å². The van der Waals surface area contributed by atoms with E-state index in [0.29, 0.717) is 0 Å². The number of amides is 1. The van der Waals surface area contributed by atoms with Gasteiger partial charge in [-0.1, -0.05) is 11.6 Å². The lowest BCUT2D eigenvalue weighted by Crippen LogP contribution is -2.81. The molecule has 3 aliphatic rings. The van der Waals surface area contributed by atoms with Gasteiger partial charge >= 0.3 is 0 Å². The molecule has 9 heteroatoms. The highest BCUT2D eigenvalue weighted by Gasteiger charge is 2.69. The number of nitrogens with one attached hydrogen (secondary N) is 2. The van der Waals surface area contributed by atoms with Gasteiger partial charge in [0, 0.05) is 29.5 Å². The van der Waals surface area contributed by atoms with E-state index < -0.39 is 5.82 Å². The van der Waals surface area contributed by atoms with Crippen molar-refractivity contribution in [2.45, 2.75) is 37.3 Å². The number of anilines is 1. The summed E-state index contributed by atoms with van der Waals surface area (Å²) in [4.78, 5) is 16.7. The van der Waals surface area contributed by atoms with Gasteiger partial charge in [0.25, 0.3) is 5.91 Å². The van der Waals surface area contributed by atoms with Crippen molar-refractivity contribution >= 4 is 28.8 Å². The van der Waals surface area contributed by atoms with E-state index in [0.717, 1.165) is 36.3 Å². The third-order valence-electron chi connectivity index (χ3n) is 5.59. The maximum absolute atomic E-state index is 13.4. The number of nitrogens with zero attached hydrogens (tertiary/aromatic N) is 3. The molecule has 2 bridgehead atoms. The second-order valence-electron chi connectivity index (χ2n) is 8.02. The summed E-state index contributed by atoms with van der Waals surface area (Å²) in [5.74, 6) is 0.281. The Kier molecular flexibility index (Phi) is 3.96. The van der Waals surface area contributed by atoms with E-state index in [1.54, 1.807) is 6.20 Å². The van der Waals surface area contributed by atoms with Gasteiger partial charge in [0.05, 0.1) is 10.7 Å². The maximum atomic E-state index is 13.4. The topological polar surface area (TPSA) is 80.5 Å². The minimum atomic E-state index is -0.575. The van der Waals surface area contributed by atoms with Crippen molar-refractivity contribution in [1.29, 1.82) is 0 Å². The van der Waals surface area contributed by atoms with Crippen molar-refractivity contribution in [1.82, 2.24) is 19.9 Å². The number of benzene rings is 1. The average molecular weight is 416 g/mol. The lowest BCUT2D eigenvalue weighted by Gasteiger charge is -2.70. The smallest absolute Gasteiger partial charge is 0.258 e. The highest BCUT2D eigenvalue weighted by atomic mass is 35.5. The monoisotopic (exact) mass is 415 g/mol. The van der Waals surface area contributed by atoms with Gasteiger partial charge in [0.15, 0.2) is 12.4 Å².